The highest BCUT2D eigenvalue weighted by Crippen LogP contribution is 2.24. The van der Waals surface area contributed by atoms with Crippen LogP contribution in [0, 0.1) is 6.92 Å². The minimum Gasteiger partial charge on any atom is -0.497 e. The van der Waals surface area contributed by atoms with Crippen molar-refractivity contribution in [3.63, 3.8) is 0 Å². The lowest BCUT2D eigenvalue weighted by Gasteiger charge is -2.33. The molecule has 0 saturated carbocycles. The molecule has 5 nitrogen and oxygen atoms in total. The molecular formula is C18H25ClN4O. The van der Waals surface area contributed by atoms with E-state index in [9.17, 15) is 0 Å². The molecule has 130 valence electrons. The van der Waals surface area contributed by atoms with Crippen molar-refractivity contribution >= 4 is 17.3 Å². The molecule has 0 amide bonds. The third-order valence-corrected chi connectivity index (χ3v) is 5.09. The van der Waals surface area contributed by atoms with Crippen LogP contribution in [0.5, 0.6) is 5.75 Å². The molecule has 1 saturated heterocycles. The van der Waals surface area contributed by atoms with E-state index in [4.69, 9.17) is 16.3 Å². The van der Waals surface area contributed by atoms with E-state index >= 15 is 0 Å². The number of halogens is 1. The predicted molar refractivity (Wildman–Crippen MR) is 97.9 cm³/mol. The Morgan fingerprint density at radius 3 is 2.71 bits per heavy atom. The van der Waals surface area contributed by atoms with Gasteiger partial charge in [-0.3, -0.25) is 9.58 Å². The summed E-state index contributed by atoms with van der Waals surface area (Å²) < 4.78 is 6.96. The second kappa shape index (κ2) is 7.45. The zero-order valence-corrected chi connectivity index (χ0v) is 15.3. The summed E-state index contributed by atoms with van der Waals surface area (Å²) >= 11 is 6.37. The highest BCUT2D eigenvalue weighted by Gasteiger charge is 2.22. The number of piperidine rings is 1. The number of hydrogen-bond donors (Lipinski definition) is 1. The van der Waals surface area contributed by atoms with E-state index < -0.39 is 0 Å². The smallest absolute Gasteiger partial charge is 0.131 e. The quantitative estimate of drug-likeness (QED) is 0.898. The van der Waals surface area contributed by atoms with Gasteiger partial charge < -0.3 is 10.1 Å². The number of benzene rings is 1. The Balaban J connectivity index is 1.61. The first kappa shape index (κ1) is 17.1. The molecule has 0 aliphatic carbocycles. The Morgan fingerprint density at radius 2 is 2.08 bits per heavy atom. The van der Waals surface area contributed by atoms with Crippen molar-refractivity contribution in [1.29, 1.82) is 0 Å². The molecule has 1 aliphatic heterocycles. The Bertz CT molecular complexity index is 683. The number of nitrogens with one attached hydrogen (secondary N) is 1. The molecule has 6 heteroatoms. The van der Waals surface area contributed by atoms with Crippen LogP contribution in [0.25, 0.3) is 0 Å². The SMILES string of the molecule is COc1ccc(NC2CCCN(Cc3c(C)nn(C)c3Cl)C2)cc1. The van der Waals surface area contributed by atoms with Gasteiger partial charge in [0.25, 0.3) is 0 Å². The number of nitrogens with zero attached hydrogens (tertiary/aromatic N) is 3. The van der Waals surface area contributed by atoms with E-state index in [-0.39, 0.29) is 0 Å². The number of rotatable bonds is 5. The maximum atomic E-state index is 6.37. The van der Waals surface area contributed by atoms with Crippen LogP contribution in [0.4, 0.5) is 5.69 Å². The molecule has 1 atom stereocenters. The molecule has 1 aromatic heterocycles. The summed E-state index contributed by atoms with van der Waals surface area (Å²) in [7, 11) is 3.58. The summed E-state index contributed by atoms with van der Waals surface area (Å²) in [6.07, 6.45) is 2.37. The molecular weight excluding hydrogens is 324 g/mol. The van der Waals surface area contributed by atoms with Gasteiger partial charge in [0.15, 0.2) is 0 Å². The van der Waals surface area contributed by atoms with E-state index in [1.807, 2.05) is 26.1 Å². The van der Waals surface area contributed by atoms with Gasteiger partial charge in [0.05, 0.1) is 12.8 Å². The Morgan fingerprint density at radius 1 is 1.33 bits per heavy atom. The molecule has 1 fully saturated rings. The number of ether oxygens (including phenoxy) is 1. The lowest BCUT2D eigenvalue weighted by molar-refractivity contribution is 0.208. The summed E-state index contributed by atoms with van der Waals surface area (Å²) in [6, 6.07) is 8.56. The number of aromatic nitrogens is 2. The average Bonchev–Trinajstić information content (AvgIpc) is 2.82. The standard InChI is InChI=1S/C18H25ClN4O/c1-13-17(18(19)22(2)21-13)12-23-10-4-5-15(11-23)20-14-6-8-16(24-3)9-7-14/h6-9,15,20H,4-5,10-12H2,1-3H3. The Kier molecular flexibility index (Phi) is 5.31. The summed E-state index contributed by atoms with van der Waals surface area (Å²) in [5.74, 6) is 0.882. The average molecular weight is 349 g/mol. The van der Waals surface area contributed by atoms with E-state index in [0.29, 0.717) is 6.04 Å². The zero-order chi connectivity index (χ0) is 17.1. The van der Waals surface area contributed by atoms with Gasteiger partial charge >= 0.3 is 0 Å². The van der Waals surface area contributed by atoms with E-state index in [2.05, 4.69) is 27.4 Å². The molecule has 24 heavy (non-hydrogen) atoms. The summed E-state index contributed by atoms with van der Waals surface area (Å²) in [4.78, 5) is 2.46. The van der Waals surface area contributed by atoms with Gasteiger partial charge in [0.2, 0.25) is 0 Å². The van der Waals surface area contributed by atoms with Gasteiger partial charge in [0, 0.05) is 37.4 Å². The van der Waals surface area contributed by atoms with Crippen LogP contribution in [0.1, 0.15) is 24.1 Å². The molecule has 0 bridgehead atoms. The zero-order valence-electron chi connectivity index (χ0n) is 14.6. The van der Waals surface area contributed by atoms with E-state index in [1.165, 1.54) is 12.8 Å². The topological polar surface area (TPSA) is 42.3 Å². The number of hydrogen-bond acceptors (Lipinski definition) is 4. The molecule has 1 aromatic carbocycles. The highest BCUT2D eigenvalue weighted by molar-refractivity contribution is 6.30. The number of anilines is 1. The fourth-order valence-corrected chi connectivity index (χ4v) is 3.55. The van der Waals surface area contributed by atoms with Crippen LogP contribution in [0.2, 0.25) is 5.15 Å². The summed E-state index contributed by atoms with van der Waals surface area (Å²) in [6.45, 7) is 5.00. The van der Waals surface area contributed by atoms with Crippen molar-refractivity contribution in [1.82, 2.24) is 14.7 Å². The van der Waals surface area contributed by atoms with Crippen LogP contribution in [0.15, 0.2) is 24.3 Å². The number of aryl methyl sites for hydroxylation is 2. The minimum absolute atomic E-state index is 0.447. The first-order valence-electron chi connectivity index (χ1n) is 8.37. The second-order valence-corrected chi connectivity index (χ2v) is 6.78. The largest absolute Gasteiger partial charge is 0.497 e. The Hall–Kier alpha value is -1.72. The molecule has 0 spiro atoms. The van der Waals surface area contributed by atoms with Gasteiger partial charge in [0.1, 0.15) is 10.9 Å². The predicted octanol–water partition coefficient (Wildman–Crippen LogP) is 3.47. The third kappa shape index (κ3) is 3.84. The van der Waals surface area contributed by atoms with E-state index in [0.717, 1.165) is 47.5 Å². The van der Waals surface area contributed by atoms with Crippen LogP contribution >= 0.6 is 11.6 Å². The first-order chi connectivity index (χ1) is 11.6. The van der Waals surface area contributed by atoms with Crippen molar-refractivity contribution in [2.24, 2.45) is 7.05 Å². The molecule has 0 radical (unpaired) electrons. The molecule has 1 N–H and O–H groups in total. The summed E-state index contributed by atoms with van der Waals surface area (Å²) in [5.41, 5.74) is 3.30. The van der Waals surface area contributed by atoms with Gasteiger partial charge in [-0.1, -0.05) is 11.6 Å². The first-order valence-corrected chi connectivity index (χ1v) is 8.75. The van der Waals surface area contributed by atoms with Crippen molar-refractivity contribution in [3.8, 4) is 5.75 Å². The van der Waals surface area contributed by atoms with Crippen LogP contribution in [0.3, 0.4) is 0 Å². The maximum Gasteiger partial charge on any atom is 0.131 e. The molecule has 1 aliphatic rings. The van der Waals surface area contributed by atoms with Crippen molar-refractivity contribution in [3.05, 3.63) is 40.7 Å². The lowest BCUT2D eigenvalue weighted by Crippen LogP contribution is -2.41. The third-order valence-electron chi connectivity index (χ3n) is 4.62. The number of methoxy groups -OCH3 is 1. The van der Waals surface area contributed by atoms with Crippen LogP contribution in [-0.4, -0.2) is 40.9 Å². The molecule has 1 unspecified atom stereocenters. The van der Waals surface area contributed by atoms with Crippen molar-refractivity contribution < 1.29 is 4.74 Å². The van der Waals surface area contributed by atoms with Gasteiger partial charge in [-0.2, -0.15) is 5.10 Å². The fourth-order valence-electron chi connectivity index (χ4n) is 3.32. The highest BCUT2D eigenvalue weighted by atomic mass is 35.5. The monoisotopic (exact) mass is 348 g/mol. The molecule has 2 heterocycles. The maximum absolute atomic E-state index is 6.37. The molecule has 3 rings (SSSR count). The summed E-state index contributed by atoms with van der Waals surface area (Å²) in [5, 5.41) is 8.79. The minimum atomic E-state index is 0.447. The fraction of sp³-hybridized carbons (Fsp3) is 0.500. The normalized spacial score (nSPS) is 18.6. The second-order valence-electron chi connectivity index (χ2n) is 6.43. The Labute approximate surface area is 148 Å². The lowest BCUT2D eigenvalue weighted by atomic mass is 10.0. The van der Waals surface area contributed by atoms with Crippen molar-refractivity contribution in [2.75, 3.05) is 25.5 Å². The van der Waals surface area contributed by atoms with Crippen LogP contribution in [-0.2, 0) is 13.6 Å². The van der Waals surface area contributed by atoms with E-state index in [1.54, 1.807) is 11.8 Å². The molecule has 2 aromatic rings. The van der Waals surface area contributed by atoms with Gasteiger partial charge in [-0.05, 0) is 50.6 Å². The van der Waals surface area contributed by atoms with Crippen molar-refractivity contribution in [2.45, 2.75) is 32.4 Å². The van der Waals surface area contributed by atoms with Gasteiger partial charge in [-0.15, -0.1) is 0 Å². The van der Waals surface area contributed by atoms with Crippen LogP contribution < -0.4 is 10.1 Å². The number of likely N-dealkylation sites (tertiary alicyclic amines) is 1. The van der Waals surface area contributed by atoms with Gasteiger partial charge in [-0.25, -0.2) is 0 Å².